The van der Waals surface area contributed by atoms with Crippen LogP contribution >= 0.6 is 0 Å². The number of hydrogen-bond donors (Lipinski definition) is 2. The standard InChI is InChI=1S/C11H21N3/c1-8(2)10-6-9(13-14-10)7-12-11(3,4)5/h6,8,12H,7H2,1-5H3,(H,13,14). The highest BCUT2D eigenvalue weighted by Gasteiger charge is 2.10. The molecule has 0 fully saturated rings. The Hall–Kier alpha value is -0.830. The maximum absolute atomic E-state index is 4.25. The van der Waals surface area contributed by atoms with Crippen molar-refractivity contribution in [2.24, 2.45) is 0 Å². The van der Waals surface area contributed by atoms with E-state index in [4.69, 9.17) is 0 Å². The Kier molecular flexibility index (Phi) is 3.32. The number of aromatic nitrogens is 2. The van der Waals surface area contributed by atoms with Gasteiger partial charge in [-0.1, -0.05) is 13.8 Å². The van der Waals surface area contributed by atoms with Gasteiger partial charge in [-0.2, -0.15) is 5.10 Å². The van der Waals surface area contributed by atoms with E-state index in [1.165, 1.54) is 0 Å². The molecule has 0 aliphatic heterocycles. The van der Waals surface area contributed by atoms with Crippen LogP contribution in [0.3, 0.4) is 0 Å². The van der Waals surface area contributed by atoms with Gasteiger partial charge in [-0.3, -0.25) is 5.10 Å². The summed E-state index contributed by atoms with van der Waals surface area (Å²) in [6.07, 6.45) is 0. The highest BCUT2D eigenvalue weighted by Crippen LogP contribution is 2.12. The zero-order valence-corrected chi connectivity index (χ0v) is 9.81. The Morgan fingerprint density at radius 2 is 2.07 bits per heavy atom. The first-order valence-corrected chi connectivity index (χ1v) is 5.18. The Labute approximate surface area is 86.3 Å². The van der Waals surface area contributed by atoms with Crippen LogP contribution in [0.25, 0.3) is 0 Å². The number of rotatable bonds is 3. The second-order valence-electron chi connectivity index (χ2n) is 5.08. The second-order valence-corrected chi connectivity index (χ2v) is 5.08. The van der Waals surface area contributed by atoms with Crippen LogP contribution in [0, 0.1) is 0 Å². The molecule has 0 atom stereocenters. The lowest BCUT2D eigenvalue weighted by molar-refractivity contribution is 0.421. The van der Waals surface area contributed by atoms with Gasteiger partial charge in [0.25, 0.3) is 0 Å². The van der Waals surface area contributed by atoms with E-state index in [1.807, 2.05) is 0 Å². The zero-order valence-electron chi connectivity index (χ0n) is 9.81. The topological polar surface area (TPSA) is 40.7 Å². The smallest absolute Gasteiger partial charge is 0.0650 e. The predicted octanol–water partition coefficient (Wildman–Crippen LogP) is 2.42. The van der Waals surface area contributed by atoms with Gasteiger partial charge in [0.1, 0.15) is 0 Å². The summed E-state index contributed by atoms with van der Waals surface area (Å²) in [6.45, 7) is 11.6. The number of H-pyrrole nitrogens is 1. The summed E-state index contributed by atoms with van der Waals surface area (Å²) >= 11 is 0. The molecule has 14 heavy (non-hydrogen) atoms. The molecule has 0 saturated carbocycles. The number of aromatic amines is 1. The van der Waals surface area contributed by atoms with E-state index in [9.17, 15) is 0 Å². The molecule has 1 aromatic rings. The van der Waals surface area contributed by atoms with E-state index in [1.54, 1.807) is 0 Å². The van der Waals surface area contributed by atoms with Crippen molar-refractivity contribution in [1.82, 2.24) is 15.5 Å². The quantitative estimate of drug-likeness (QED) is 0.777. The number of nitrogens with zero attached hydrogens (tertiary/aromatic N) is 1. The molecule has 0 aliphatic carbocycles. The van der Waals surface area contributed by atoms with Gasteiger partial charge in [0, 0.05) is 17.8 Å². The lowest BCUT2D eigenvalue weighted by Gasteiger charge is -2.19. The number of nitrogens with one attached hydrogen (secondary N) is 2. The van der Waals surface area contributed by atoms with Gasteiger partial charge >= 0.3 is 0 Å². The van der Waals surface area contributed by atoms with Gasteiger partial charge in [-0.25, -0.2) is 0 Å². The summed E-state index contributed by atoms with van der Waals surface area (Å²) in [5, 5.41) is 10.7. The maximum Gasteiger partial charge on any atom is 0.0650 e. The largest absolute Gasteiger partial charge is 0.306 e. The van der Waals surface area contributed by atoms with Gasteiger partial charge < -0.3 is 5.32 Å². The molecule has 2 N–H and O–H groups in total. The highest BCUT2D eigenvalue weighted by molar-refractivity contribution is 5.11. The monoisotopic (exact) mass is 195 g/mol. The normalized spacial score (nSPS) is 12.4. The van der Waals surface area contributed by atoms with Crippen LogP contribution in [0.1, 0.15) is 51.9 Å². The first kappa shape index (κ1) is 11.2. The average molecular weight is 195 g/mol. The summed E-state index contributed by atoms with van der Waals surface area (Å²) in [7, 11) is 0. The first-order valence-electron chi connectivity index (χ1n) is 5.18. The van der Waals surface area contributed by atoms with E-state index >= 15 is 0 Å². The fraction of sp³-hybridized carbons (Fsp3) is 0.727. The molecule has 0 saturated heterocycles. The maximum atomic E-state index is 4.25. The van der Waals surface area contributed by atoms with E-state index in [0.717, 1.165) is 17.9 Å². The first-order chi connectivity index (χ1) is 6.38. The molecule has 0 aromatic carbocycles. The molecule has 0 aliphatic rings. The van der Waals surface area contributed by atoms with Gasteiger partial charge in [0.2, 0.25) is 0 Å². The predicted molar refractivity (Wildman–Crippen MR) is 59.3 cm³/mol. The van der Waals surface area contributed by atoms with Crippen LogP contribution in [0.2, 0.25) is 0 Å². The summed E-state index contributed by atoms with van der Waals surface area (Å²) in [6, 6.07) is 2.13. The molecule has 1 rings (SSSR count). The van der Waals surface area contributed by atoms with E-state index < -0.39 is 0 Å². The van der Waals surface area contributed by atoms with Crippen molar-refractivity contribution in [3.05, 3.63) is 17.5 Å². The minimum absolute atomic E-state index is 0.156. The van der Waals surface area contributed by atoms with E-state index in [0.29, 0.717) is 5.92 Å². The molecule has 3 nitrogen and oxygen atoms in total. The van der Waals surface area contributed by atoms with Crippen molar-refractivity contribution in [2.45, 2.75) is 52.6 Å². The fourth-order valence-electron chi connectivity index (χ4n) is 1.13. The Morgan fingerprint density at radius 3 is 2.50 bits per heavy atom. The van der Waals surface area contributed by atoms with E-state index in [2.05, 4.69) is 56.2 Å². The van der Waals surface area contributed by atoms with Crippen molar-refractivity contribution in [3.8, 4) is 0 Å². The van der Waals surface area contributed by atoms with Crippen molar-refractivity contribution < 1.29 is 0 Å². The minimum Gasteiger partial charge on any atom is -0.306 e. The number of hydrogen-bond acceptors (Lipinski definition) is 2. The molecular weight excluding hydrogens is 174 g/mol. The second kappa shape index (κ2) is 4.13. The van der Waals surface area contributed by atoms with Gasteiger partial charge in [0.15, 0.2) is 0 Å². The lowest BCUT2D eigenvalue weighted by Crippen LogP contribution is -2.35. The molecule has 0 radical (unpaired) electrons. The van der Waals surface area contributed by atoms with E-state index in [-0.39, 0.29) is 5.54 Å². The average Bonchev–Trinajstić information content (AvgIpc) is 2.47. The molecule has 0 unspecified atom stereocenters. The van der Waals surface area contributed by atoms with Crippen molar-refractivity contribution >= 4 is 0 Å². The summed E-state index contributed by atoms with van der Waals surface area (Å²) in [4.78, 5) is 0. The summed E-state index contributed by atoms with van der Waals surface area (Å²) in [5.74, 6) is 0.495. The molecule has 1 aromatic heterocycles. The molecule has 0 amide bonds. The van der Waals surface area contributed by atoms with Crippen LogP contribution in [-0.4, -0.2) is 15.7 Å². The van der Waals surface area contributed by atoms with Crippen LogP contribution in [0.4, 0.5) is 0 Å². The third kappa shape index (κ3) is 3.50. The third-order valence-corrected chi connectivity index (χ3v) is 2.05. The summed E-state index contributed by atoms with van der Waals surface area (Å²) in [5.41, 5.74) is 2.45. The van der Waals surface area contributed by atoms with Crippen molar-refractivity contribution in [3.63, 3.8) is 0 Å². The molecule has 80 valence electrons. The van der Waals surface area contributed by atoms with Crippen LogP contribution in [0.15, 0.2) is 6.07 Å². The highest BCUT2D eigenvalue weighted by atomic mass is 15.1. The minimum atomic E-state index is 0.156. The molecule has 1 heterocycles. The Bertz CT molecular complexity index is 281. The van der Waals surface area contributed by atoms with Crippen LogP contribution in [-0.2, 0) is 6.54 Å². The van der Waals surface area contributed by atoms with Gasteiger partial charge in [-0.05, 0) is 32.8 Å². The van der Waals surface area contributed by atoms with Gasteiger partial charge in [-0.15, -0.1) is 0 Å². The molecule has 3 heteroatoms. The van der Waals surface area contributed by atoms with Crippen LogP contribution in [0.5, 0.6) is 0 Å². The fourth-order valence-corrected chi connectivity index (χ4v) is 1.13. The van der Waals surface area contributed by atoms with Crippen LogP contribution < -0.4 is 5.32 Å². The molecular formula is C11H21N3. The third-order valence-electron chi connectivity index (χ3n) is 2.05. The molecule has 0 bridgehead atoms. The zero-order chi connectivity index (χ0) is 10.8. The van der Waals surface area contributed by atoms with Gasteiger partial charge in [0.05, 0.1) is 5.69 Å². The van der Waals surface area contributed by atoms with Crippen molar-refractivity contribution in [1.29, 1.82) is 0 Å². The lowest BCUT2D eigenvalue weighted by atomic mass is 10.1. The Morgan fingerprint density at radius 1 is 1.43 bits per heavy atom. The Balaban J connectivity index is 2.52. The molecule has 0 spiro atoms. The van der Waals surface area contributed by atoms with Crippen molar-refractivity contribution in [2.75, 3.05) is 0 Å². The summed E-state index contributed by atoms with van der Waals surface area (Å²) < 4.78 is 0. The SMILES string of the molecule is CC(C)c1cc(CNC(C)(C)C)[nH]n1.